The minimum atomic E-state index is -3.74. The number of anilines is 1. The molecular weight excluding hydrogens is 416 g/mol. The van der Waals surface area contributed by atoms with Crippen LogP contribution in [0.2, 0.25) is 0 Å². The fourth-order valence-corrected chi connectivity index (χ4v) is 4.63. The van der Waals surface area contributed by atoms with Gasteiger partial charge in [-0.05, 0) is 67.6 Å². The Hall–Kier alpha value is -2.58. The maximum Gasteiger partial charge on any atom is 0.241 e. The van der Waals surface area contributed by atoms with Gasteiger partial charge in [0.05, 0.1) is 18.1 Å². The number of benzene rings is 2. The topological polar surface area (TPSA) is 93.7 Å². The van der Waals surface area contributed by atoms with Crippen LogP contribution in [0, 0.1) is 0 Å². The number of rotatable bonds is 10. The highest BCUT2D eigenvalue weighted by atomic mass is 32.2. The van der Waals surface area contributed by atoms with Gasteiger partial charge < -0.3 is 14.8 Å². The van der Waals surface area contributed by atoms with Crippen LogP contribution in [0.3, 0.4) is 0 Å². The van der Waals surface area contributed by atoms with Gasteiger partial charge in [-0.15, -0.1) is 0 Å². The zero-order valence-electron chi connectivity index (χ0n) is 18.2. The van der Waals surface area contributed by atoms with E-state index in [2.05, 4.69) is 10.0 Å². The first-order valence-corrected chi connectivity index (χ1v) is 12.2. The van der Waals surface area contributed by atoms with E-state index in [1.54, 1.807) is 19.1 Å². The van der Waals surface area contributed by atoms with Crippen LogP contribution in [0.15, 0.2) is 41.3 Å². The molecule has 0 aliphatic carbocycles. The standard InChI is InChI=1S/C23H30N2O5S/c1-4-12-29-21-10-6-17(15-22(21)30-13-5-2)16(3)25-31(27,28)19-8-9-20-18(14-19)7-11-23(26)24-20/h6,8-10,14-16,25H,4-5,7,11-13H2,1-3H3,(H,24,26). The number of aryl methyl sites for hydroxylation is 1. The summed E-state index contributed by atoms with van der Waals surface area (Å²) in [7, 11) is -3.74. The van der Waals surface area contributed by atoms with Crippen molar-refractivity contribution in [3.8, 4) is 11.5 Å². The van der Waals surface area contributed by atoms with E-state index in [9.17, 15) is 13.2 Å². The van der Waals surface area contributed by atoms with Gasteiger partial charge in [-0.2, -0.15) is 0 Å². The van der Waals surface area contributed by atoms with Crippen molar-refractivity contribution in [1.82, 2.24) is 4.72 Å². The largest absolute Gasteiger partial charge is 0.490 e. The quantitative estimate of drug-likeness (QED) is 0.571. The predicted octanol–water partition coefficient (Wildman–Crippen LogP) is 4.19. The summed E-state index contributed by atoms with van der Waals surface area (Å²) in [6.45, 7) is 6.99. The highest BCUT2D eigenvalue weighted by Crippen LogP contribution is 2.32. The van der Waals surface area contributed by atoms with Crippen LogP contribution in [0.25, 0.3) is 0 Å². The van der Waals surface area contributed by atoms with Crippen LogP contribution in [-0.2, 0) is 21.2 Å². The lowest BCUT2D eigenvalue weighted by atomic mass is 10.0. The van der Waals surface area contributed by atoms with Gasteiger partial charge >= 0.3 is 0 Å². The summed E-state index contributed by atoms with van der Waals surface area (Å²) < 4.78 is 40.3. The summed E-state index contributed by atoms with van der Waals surface area (Å²) in [6, 6.07) is 9.81. The van der Waals surface area contributed by atoms with Crippen molar-refractivity contribution >= 4 is 21.6 Å². The molecule has 0 saturated carbocycles. The minimum Gasteiger partial charge on any atom is -0.490 e. The highest BCUT2D eigenvalue weighted by molar-refractivity contribution is 7.89. The van der Waals surface area contributed by atoms with Gasteiger partial charge in [0.25, 0.3) is 0 Å². The smallest absolute Gasteiger partial charge is 0.241 e. The lowest BCUT2D eigenvalue weighted by Gasteiger charge is -2.20. The number of amides is 1. The molecule has 7 nitrogen and oxygen atoms in total. The van der Waals surface area contributed by atoms with Crippen LogP contribution in [0.5, 0.6) is 11.5 Å². The Labute approximate surface area is 184 Å². The molecule has 2 N–H and O–H groups in total. The van der Waals surface area contributed by atoms with Crippen molar-refractivity contribution in [2.45, 2.75) is 57.4 Å². The molecule has 2 aromatic rings. The Morgan fingerprint density at radius 2 is 1.71 bits per heavy atom. The molecule has 3 rings (SSSR count). The van der Waals surface area contributed by atoms with Crippen LogP contribution in [0.4, 0.5) is 5.69 Å². The number of nitrogens with one attached hydrogen (secondary N) is 2. The van der Waals surface area contributed by atoms with E-state index in [0.29, 0.717) is 43.2 Å². The Balaban J connectivity index is 1.79. The van der Waals surface area contributed by atoms with Crippen LogP contribution < -0.4 is 19.5 Å². The predicted molar refractivity (Wildman–Crippen MR) is 120 cm³/mol. The van der Waals surface area contributed by atoms with Crippen LogP contribution in [0.1, 0.15) is 57.2 Å². The molecule has 1 aliphatic heterocycles. The van der Waals surface area contributed by atoms with E-state index < -0.39 is 16.1 Å². The third kappa shape index (κ3) is 5.77. The highest BCUT2D eigenvalue weighted by Gasteiger charge is 2.22. The van der Waals surface area contributed by atoms with E-state index in [1.165, 1.54) is 6.07 Å². The van der Waals surface area contributed by atoms with Crippen molar-refractivity contribution < 1.29 is 22.7 Å². The molecule has 0 radical (unpaired) electrons. The van der Waals surface area contributed by atoms with E-state index in [0.717, 1.165) is 24.0 Å². The zero-order valence-corrected chi connectivity index (χ0v) is 19.1. The fraction of sp³-hybridized carbons (Fsp3) is 0.435. The first-order chi connectivity index (χ1) is 14.8. The van der Waals surface area contributed by atoms with Gasteiger partial charge in [-0.3, -0.25) is 4.79 Å². The number of hydrogen-bond donors (Lipinski definition) is 2. The fourth-order valence-electron chi connectivity index (χ4n) is 3.35. The van der Waals surface area contributed by atoms with Crippen molar-refractivity contribution in [2.75, 3.05) is 18.5 Å². The third-order valence-electron chi connectivity index (χ3n) is 5.01. The molecule has 1 aliphatic rings. The number of carbonyl (C=O) groups is 1. The molecular formula is C23H30N2O5S. The van der Waals surface area contributed by atoms with Gasteiger partial charge in [0, 0.05) is 18.2 Å². The molecule has 2 aromatic carbocycles. The van der Waals surface area contributed by atoms with Crippen LogP contribution >= 0.6 is 0 Å². The average Bonchev–Trinajstić information content (AvgIpc) is 2.75. The summed E-state index contributed by atoms with van der Waals surface area (Å²) in [5.41, 5.74) is 2.27. The second kappa shape index (κ2) is 10.2. The molecule has 1 unspecified atom stereocenters. The normalized spacial score (nSPS) is 14.5. The molecule has 31 heavy (non-hydrogen) atoms. The van der Waals surface area contributed by atoms with Gasteiger partial charge in [-0.1, -0.05) is 19.9 Å². The van der Waals surface area contributed by atoms with Gasteiger partial charge in [0.2, 0.25) is 15.9 Å². The third-order valence-corrected chi connectivity index (χ3v) is 6.54. The van der Waals surface area contributed by atoms with Crippen molar-refractivity contribution in [2.24, 2.45) is 0 Å². The number of ether oxygens (including phenoxy) is 2. The molecule has 168 valence electrons. The number of fused-ring (bicyclic) bond motifs is 1. The van der Waals surface area contributed by atoms with Crippen molar-refractivity contribution in [3.05, 3.63) is 47.5 Å². The SMILES string of the molecule is CCCOc1ccc(C(C)NS(=O)(=O)c2ccc3c(c2)CCC(=O)N3)cc1OCCC. The summed E-state index contributed by atoms with van der Waals surface area (Å²) in [6.07, 6.45) is 2.62. The molecule has 8 heteroatoms. The van der Waals surface area contributed by atoms with E-state index in [1.807, 2.05) is 32.0 Å². The molecule has 1 amide bonds. The van der Waals surface area contributed by atoms with E-state index in [-0.39, 0.29) is 10.8 Å². The van der Waals surface area contributed by atoms with E-state index in [4.69, 9.17) is 9.47 Å². The Bertz CT molecular complexity index is 1040. The Morgan fingerprint density at radius 3 is 2.42 bits per heavy atom. The van der Waals surface area contributed by atoms with E-state index >= 15 is 0 Å². The summed E-state index contributed by atoms with van der Waals surface area (Å²) in [5.74, 6) is 1.22. The molecule has 0 spiro atoms. The second-order valence-electron chi connectivity index (χ2n) is 7.61. The summed E-state index contributed by atoms with van der Waals surface area (Å²) >= 11 is 0. The van der Waals surface area contributed by atoms with Gasteiger partial charge in [0.15, 0.2) is 11.5 Å². The molecule has 1 heterocycles. The first kappa shape index (κ1) is 23.1. The molecule has 0 saturated heterocycles. The summed E-state index contributed by atoms with van der Waals surface area (Å²) in [5, 5.41) is 2.77. The second-order valence-corrected chi connectivity index (χ2v) is 9.33. The molecule has 0 aromatic heterocycles. The average molecular weight is 447 g/mol. The van der Waals surface area contributed by atoms with Crippen molar-refractivity contribution in [3.63, 3.8) is 0 Å². The van der Waals surface area contributed by atoms with Crippen LogP contribution in [-0.4, -0.2) is 27.5 Å². The maximum atomic E-state index is 13.0. The number of sulfonamides is 1. The van der Waals surface area contributed by atoms with Gasteiger partial charge in [-0.25, -0.2) is 13.1 Å². The molecule has 0 bridgehead atoms. The zero-order chi connectivity index (χ0) is 22.4. The molecule has 1 atom stereocenters. The minimum absolute atomic E-state index is 0.0534. The maximum absolute atomic E-state index is 13.0. The van der Waals surface area contributed by atoms with Crippen molar-refractivity contribution in [1.29, 1.82) is 0 Å². The number of hydrogen-bond acceptors (Lipinski definition) is 5. The lowest BCUT2D eigenvalue weighted by Crippen LogP contribution is -2.27. The molecule has 0 fully saturated rings. The summed E-state index contributed by atoms with van der Waals surface area (Å²) in [4.78, 5) is 11.7. The Kier molecular flexibility index (Phi) is 7.56. The Morgan fingerprint density at radius 1 is 1.00 bits per heavy atom. The first-order valence-electron chi connectivity index (χ1n) is 10.7. The monoisotopic (exact) mass is 446 g/mol. The number of carbonyl (C=O) groups excluding carboxylic acids is 1. The van der Waals surface area contributed by atoms with Gasteiger partial charge in [0.1, 0.15) is 0 Å². The lowest BCUT2D eigenvalue weighted by molar-refractivity contribution is -0.116.